The maximum Gasteiger partial charge on any atom is 0.0401 e. The minimum Gasteiger partial charge on any atom is -0.315 e. The van der Waals surface area contributed by atoms with Gasteiger partial charge in [-0.15, -0.1) is 0 Å². The van der Waals surface area contributed by atoms with Gasteiger partial charge in [0.1, 0.15) is 0 Å². The Morgan fingerprint density at radius 1 is 1.42 bits per heavy atom. The lowest BCUT2D eigenvalue weighted by Crippen LogP contribution is -2.39. The molecule has 2 heteroatoms. The summed E-state index contributed by atoms with van der Waals surface area (Å²) in [6.45, 7) is 6.41. The molecule has 0 radical (unpaired) electrons. The van der Waals surface area contributed by atoms with Gasteiger partial charge in [0, 0.05) is 30.9 Å². The predicted octanol–water partition coefficient (Wildman–Crippen LogP) is 1.39. The van der Waals surface area contributed by atoms with Crippen LogP contribution in [-0.4, -0.2) is 18.1 Å². The molecule has 2 heterocycles. The van der Waals surface area contributed by atoms with Crippen LogP contribution in [0.3, 0.4) is 0 Å². The maximum absolute atomic E-state index is 4.35. The zero-order valence-electron chi connectivity index (χ0n) is 7.59. The summed E-state index contributed by atoms with van der Waals surface area (Å²) < 4.78 is 0. The number of aryl methyl sites for hydroxylation is 2. The molecule has 2 rings (SSSR count). The number of nitrogens with zero attached hydrogens (tertiary/aromatic N) is 1. The first-order valence-corrected chi connectivity index (χ1v) is 4.41. The molecule has 1 aromatic heterocycles. The number of rotatable bonds is 1. The van der Waals surface area contributed by atoms with Crippen molar-refractivity contribution in [3.05, 3.63) is 29.1 Å². The van der Waals surface area contributed by atoms with E-state index < -0.39 is 0 Å². The minimum atomic E-state index is 0.705. The van der Waals surface area contributed by atoms with Gasteiger partial charge >= 0.3 is 0 Å². The average molecular weight is 162 g/mol. The van der Waals surface area contributed by atoms with Crippen LogP contribution >= 0.6 is 0 Å². The number of aromatic nitrogens is 1. The Kier molecular flexibility index (Phi) is 1.85. The highest BCUT2D eigenvalue weighted by atomic mass is 14.9. The summed E-state index contributed by atoms with van der Waals surface area (Å²) in [5.41, 5.74) is 3.84. The van der Waals surface area contributed by atoms with Crippen LogP contribution in [0.25, 0.3) is 0 Å². The predicted molar refractivity (Wildman–Crippen MR) is 49.3 cm³/mol. The molecule has 0 atom stereocenters. The quantitative estimate of drug-likeness (QED) is 0.675. The van der Waals surface area contributed by atoms with Crippen molar-refractivity contribution in [3.8, 4) is 0 Å². The van der Waals surface area contributed by atoms with Gasteiger partial charge in [0.05, 0.1) is 0 Å². The van der Waals surface area contributed by atoms with E-state index in [4.69, 9.17) is 0 Å². The Bertz CT molecular complexity index is 290. The SMILES string of the molecule is Cc1cc(C2CNC2)cnc1C. The normalized spacial score (nSPS) is 17.5. The fraction of sp³-hybridized carbons (Fsp3) is 0.500. The fourth-order valence-corrected chi connectivity index (χ4v) is 1.41. The summed E-state index contributed by atoms with van der Waals surface area (Å²) in [5, 5.41) is 3.27. The summed E-state index contributed by atoms with van der Waals surface area (Å²) in [4.78, 5) is 4.35. The number of hydrogen-bond acceptors (Lipinski definition) is 2. The van der Waals surface area contributed by atoms with Crippen molar-refractivity contribution in [2.45, 2.75) is 19.8 Å². The lowest BCUT2D eigenvalue weighted by atomic mass is 9.94. The van der Waals surface area contributed by atoms with Gasteiger partial charge in [-0.05, 0) is 25.0 Å². The molecule has 0 aliphatic carbocycles. The Hall–Kier alpha value is -0.890. The number of pyridine rings is 1. The second kappa shape index (κ2) is 2.87. The van der Waals surface area contributed by atoms with Crippen LogP contribution in [0.5, 0.6) is 0 Å². The van der Waals surface area contributed by atoms with Crippen molar-refractivity contribution in [1.29, 1.82) is 0 Å². The van der Waals surface area contributed by atoms with Gasteiger partial charge in [0.15, 0.2) is 0 Å². The number of hydrogen-bond donors (Lipinski definition) is 1. The maximum atomic E-state index is 4.35. The van der Waals surface area contributed by atoms with E-state index in [1.165, 1.54) is 11.1 Å². The van der Waals surface area contributed by atoms with E-state index in [0.717, 1.165) is 18.8 Å². The van der Waals surface area contributed by atoms with Gasteiger partial charge < -0.3 is 5.32 Å². The van der Waals surface area contributed by atoms with Gasteiger partial charge in [-0.2, -0.15) is 0 Å². The van der Waals surface area contributed by atoms with E-state index in [2.05, 4.69) is 30.2 Å². The molecule has 1 fully saturated rings. The van der Waals surface area contributed by atoms with Gasteiger partial charge in [0.25, 0.3) is 0 Å². The highest BCUT2D eigenvalue weighted by Crippen LogP contribution is 2.20. The summed E-state index contributed by atoms with van der Waals surface area (Å²) in [6.07, 6.45) is 2.01. The summed E-state index contributed by atoms with van der Waals surface area (Å²) in [6, 6.07) is 2.26. The van der Waals surface area contributed by atoms with Crippen LogP contribution in [0, 0.1) is 13.8 Å². The molecule has 0 unspecified atom stereocenters. The van der Waals surface area contributed by atoms with Crippen molar-refractivity contribution in [1.82, 2.24) is 10.3 Å². The second-order valence-electron chi connectivity index (χ2n) is 3.53. The molecule has 1 aliphatic rings. The first-order valence-electron chi connectivity index (χ1n) is 4.41. The molecule has 64 valence electrons. The van der Waals surface area contributed by atoms with Crippen LogP contribution in [0.4, 0.5) is 0 Å². The van der Waals surface area contributed by atoms with E-state index >= 15 is 0 Å². The Morgan fingerprint density at radius 2 is 2.17 bits per heavy atom. The van der Waals surface area contributed by atoms with Crippen LogP contribution in [0.2, 0.25) is 0 Å². The van der Waals surface area contributed by atoms with Crippen molar-refractivity contribution in [3.63, 3.8) is 0 Å². The third-order valence-corrected chi connectivity index (χ3v) is 2.61. The first-order chi connectivity index (χ1) is 5.77. The summed E-state index contributed by atoms with van der Waals surface area (Å²) in [7, 11) is 0. The molecular weight excluding hydrogens is 148 g/mol. The second-order valence-corrected chi connectivity index (χ2v) is 3.53. The van der Waals surface area contributed by atoms with Crippen molar-refractivity contribution in [2.24, 2.45) is 0 Å². The molecule has 2 nitrogen and oxygen atoms in total. The van der Waals surface area contributed by atoms with Crippen molar-refractivity contribution < 1.29 is 0 Å². The molecule has 12 heavy (non-hydrogen) atoms. The standard InChI is InChI=1S/C10H14N2/c1-7-3-9(6-12-8(7)2)10-4-11-5-10/h3,6,10-11H,4-5H2,1-2H3. The van der Waals surface area contributed by atoms with Gasteiger partial charge in [-0.3, -0.25) is 4.98 Å². The fourth-order valence-electron chi connectivity index (χ4n) is 1.41. The molecule has 0 bridgehead atoms. The van der Waals surface area contributed by atoms with Crippen molar-refractivity contribution in [2.75, 3.05) is 13.1 Å². The molecule has 1 N–H and O–H groups in total. The zero-order chi connectivity index (χ0) is 8.55. The summed E-state index contributed by atoms with van der Waals surface area (Å²) >= 11 is 0. The van der Waals surface area contributed by atoms with Gasteiger partial charge in [-0.1, -0.05) is 6.07 Å². The van der Waals surface area contributed by atoms with E-state index in [1.54, 1.807) is 0 Å². The highest BCUT2D eigenvalue weighted by molar-refractivity contribution is 5.27. The van der Waals surface area contributed by atoms with Gasteiger partial charge in [-0.25, -0.2) is 0 Å². The summed E-state index contributed by atoms with van der Waals surface area (Å²) in [5.74, 6) is 0.705. The topological polar surface area (TPSA) is 24.9 Å². The minimum absolute atomic E-state index is 0.705. The van der Waals surface area contributed by atoms with Crippen LogP contribution in [0.1, 0.15) is 22.7 Å². The molecule has 1 aliphatic heterocycles. The Morgan fingerprint density at radius 3 is 2.67 bits per heavy atom. The third kappa shape index (κ3) is 1.23. The van der Waals surface area contributed by atoms with E-state index in [9.17, 15) is 0 Å². The highest BCUT2D eigenvalue weighted by Gasteiger charge is 2.19. The van der Waals surface area contributed by atoms with E-state index in [1.807, 2.05) is 6.20 Å². The molecule has 0 spiro atoms. The first kappa shape index (κ1) is 7.74. The lowest BCUT2D eigenvalue weighted by molar-refractivity contribution is 0.447. The monoisotopic (exact) mass is 162 g/mol. The molecule has 0 amide bonds. The van der Waals surface area contributed by atoms with E-state index in [0.29, 0.717) is 5.92 Å². The molecule has 1 saturated heterocycles. The Labute approximate surface area is 73.0 Å². The zero-order valence-corrected chi connectivity index (χ0v) is 7.59. The average Bonchev–Trinajstić information content (AvgIpc) is 1.93. The molecule has 0 saturated carbocycles. The van der Waals surface area contributed by atoms with Crippen molar-refractivity contribution >= 4 is 0 Å². The van der Waals surface area contributed by atoms with Crippen LogP contribution < -0.4 is 5.32 Å². The Balaban J connectivity index is 2.27. The smallest absolute Gasteiger partial charge is 0.0401 e. The largest absolute Gasteiger partial charge is 0.315 e. The lowest BCUT2D eigenvalue weighted by Gasteiger charge is -2.27. The molecule has 0 aromatic carbocycles. The molecular formula is C10H14N2. The molecule has 1 aromatic rings. The number of nitrogens with one attached hydrogen (secondary N) is 1. The van der Waals surface area contributed by atoms with Crippen LogP contribution in [-0.2, 0) is 0 Å². The van der Waals surface area contributed by atoms with Crippen LogP contribution in [0.15, 0.2) is 12.3 Å². The van der Waals surface area contributed by atoms with E-state index in [-0.39, 0.29) is 0 Å². The van der Waals surface area contributed by atoms with Gasteiger partial charge in [0.2, 0.25) is 0 Å². The third-order valence-electron chi connectivity index (χ3n) is 2.61.